The Morgan fingerprint density at radius 1 is 0.900 bits per heavy atom. The summed E-state index contributed by atoms with van der Waals surface area (Å²) in [6.07, 6.45) is 1.49. The molecular formula is C24H22N2O3S. The number of hydrogen-bond donors (Lipinski definition) is 0. The Kier molecular flexibility index (Phi) is 4.40. The Balaban J connectivity index is 1.50. The van der Waals surface area contributed by atoms with Crippen molar-refractivity contribution in [2.45, 2.75) is 30.7 Å². The first-order valence-corrected chi connectivity index (χ1v) is 11.5. The van der Waals surface area contributed by atoms with Gasteiger partial charge in [0.25, 0.3) is 15.9 Å². The smallest absolute Gasteiger partial charge is 0.264 e. The van der Waals surface area contributed by atoms with Gasteiger partial charge in [-0.2, -0.15) is 0 Å². The van der Waals surface area contributed by atoms with Crippen LogP contribution in [0.2, 0.25) is 0 Å². The van der Waals surface area contributed by atoms with Crippen LogP contribution in [0.5, 0.6) is 0 Å². The molecule has 5 nitrogen and oxygen atoms in total. The van der Waals surface area contributed by atoms with Crippen LogP contribution in [0, 0.1) is 0 Å². The van der Waals surface area contributed by atoms with Crippen LogP contribution in [-0.2, 0) is 22.9 Å². The molecule has 3 aromatic carbocycles. The lowest BCUT2D eigenvalue weighted by molar-refractivity contribution is 0.0981. The number of carbonyl (C=O) groups is 1. The molecule has 0 fully saturated rings. The minimum Gasteiger partial charge on any atom is -0.305 e. The van der Waals surface area contributed by atoms with E-state index in [0.717, 1.165) is 28.9 Å². The Morgan fingerprint density at radius 3 is 2.40 bits per heavy atom. The fraction of sp³-hybridized carbons (Fsp3) is 0.208. The van der Waals surface area contributed by atoms with E-state index in [-0.39, 0.29) is 16.8 Å². The highest BCUT2D eigenvalue weighted by molar-refractivity contribution is 7.92. The average Bonchev–Trinajstić information content (AvgIpc) is 3.34. The fourth-order valence-electron chi connectivity index (χ4n) is 4.49. The van der Waals surface area contributed by atoms with E-state index in [1.165, 1.54) is 10.4 Å². The molecule has 0 saturated carbocycles. The lowest BCUT2D eigenvalue weighted by Gasteiger charge is -2.24. The Hall–Kier alpha value is -3.12. The van der Waals surface area contributed by atoms with Gasteiger partial charge in [0.05, 0.1) is 10.6 Å². The molecule has 1 unspecified atom stereocenters. The van der Waals surface area contributed by atoms with E-state index in [1.807, 2.05) is 55.5 Å². The zero-order valence-corrected chi connectivity index (χ0v) is 17.5. The number of benzene rings is 3. The third-order valence-electron chi connectivity index (χ3n) is 5.94. The molecule has 6 heteroatoms. The van der Waals surface area contributed by atoms with Gasteiger partial charge >= 0.3 is 0 Å². The third kappa shape index (κ3) is 2.91. The maximum Gasteiger partial charge on any atom is 0.264 e. The summed E-state index contributed by atoms with van der Waals surface area (Å²) in [5, 5.41) is 0. The standard InChI is InChI=1S/C24H22N2O3S/c1-17-15-19-8-3-5-12-23(19)26(17)24(27)20-9-6-10-21(16-20)30(28,29)25-14-13-18-7-2-4-11-22(18)25/h2-12,16-17H,13-15H2,1H3. The number of rotatable bonds is 3. The summed E-state index contributed by atoms with van der Waals surface area (Å²) in [7, 11) is -3.74. The molecule has 3 aromatic rings. The van der Waals surface area contributed by atoms with Gasteiger partial charge in [-0.05, 0) is 61.2 Å². The Bertz CT molecular complexity index is 1250. The molecule has 0 aromatic heterocycles. The molecule has 1 atom stereocenters. The van der Waals surface area contributed by atoms with Gasteiger partial charge in [-0.1, -0.05) is 42.5 Å². The zero-order chi connectivity index (χ0) is 20.9. The first-order chi connectivity index (χ1) is 14.5. The second kappa shape index (κ2) is 6.99. The predicted molar refractivity (Wildman–Crippen MR) is 118 cm³/mol. The van der Waals surface area contributed by atoms with Crippen LogP contribution in [-0.4, -0.2) is 26.9 Å². The quantitative estimate of drug-likeness (QED) is 0.645. The molecule has 2 heterocycles. The molecule has 5 rings (SSSR count). The van der Waals surface area contributed by atoms with E-state index in [9.17, 15) is 13.2 Å². The molecular weight excluding hydrogens is 396 g/mol. The molecule has 0 saturated heterocycles. The topological polar surface area (TPSA) is 57.7 Å². The number of carbonyl (C=O) groups excluding carboxylic acids is 1. The monoisotopic (exact) mass is 418 g/mol. The van der Waals surface area contributed by atoms with E-state index in [0.29, 0.717) is 18.5 Å². The first-order valence-electron chi connectivity index (χ1n) is 10.1. The molecule has 0 N–H and O–H groups in total. The van der Waals surface area contributed by atoms with Crippen molar-refractivity contribution < 1.29 is 13.2 Å². The van der Waals surface area contributed by atoms with Crippen LogP contribution in [0.1, 0.15) is 28.4 Å². The van der Waals surface area contributed by atoms with E-state index in [2.05, 4.69) is 0 Å². The highest BCUT2D eigenvalue weighted by Crippen LogP contribution is 2.35. The Morgan fingerprint density at radius 2 is 1.60 bits per heavy atom. The van der Waals surface area contributed by atoms with Crippen molar-refractivity contribution >= 4 is 27.3 Å². The van der Waals surface area contributed by atoms with Gasteiger partial charge in [-0.15, -0.1) is 0 Å². The lowest BCUT2D eigenvalue weighted by atomic mass is 10.1. The summed E-state index contributed by atoms with van der Waals surface area (Å²) >= 11 is 0. The summed E-state index contributed by atoms with van der Waals surface area (Å²) in [6.45, 7) is 2.43. The Labute approximate surface area is 176 Å². The molecule has 0 spiro atoms. The molecule has 152 valence electrons. The number of nitrogens with zero attached hydrogens (tertiary/aromatic N) is 2. The number of sulfonamides is 1. The lowest BCUT2D eigenvalue weighted by Crippen LogP contribution is -2.36. The van der Waals surface area contributed by atoms with E-state index < -0.39 is 10.0 Å². The first kappa shape index (κ1) is 18.9. The largest absolute Gasteiger partial charge is 0.305 e. The van der Waals surface area contributed by atoms with E-state index in [4.69, 9.17) is 0 Å². The summed E-state index contributed by atoms with van der Waals surface area (Å²) in [5.74, 6) is -0.175. The fourth-order valence-corrected chi connectivity index (χ4v) is 6.04. The number of amides is 1. The molecule has 1 amide bonds. The summed E-state index contributed by atoms with van der Waals surface area (Å²) < 4.78 is 28.2. The molecule has 0 bridgehead atoms. The maximum atomic E-state index is 13.4. The molecule has 2 aliphatic rings. The zero-order valence-electron chi connectivity index (χ0n) is 16.7. The van der Waals surface area contributed by atoms with Gasteiger partial charge in [-0.25, -0.2) is 8.42 Å². The van der Waals surface area contributed by atoms with Gasteiger partial charge in [0.15, 0.2) is 0 Å². The van der Waals surface area contributed by atoms with Crippen molar-refractivity contribution in [1.82, 2.24) is 0 Å². The van der Waals surface area contributed by atoms with Gasteiger partial charge in [0, 0.05) is 23.8 Å². The van der Waals surface area contributed by atoms with Crippen molar-refractivity contribution in [3.63, 3.8) is 0 Å². The molecule has 30 heavy (non-hydrogen) atoms. The van der Waals surface area contributed by atoms with Crippen molar-refractivity contribution in [3.05, 3.63) is 89.5 Å². The number of anilines is 2. The van der Waals surface area contributed by atoms with Gasteiger partial charge < -0.3 is 4.90 Å². The van der Waals surface area contributed by atoms with E-state index in [1.54, 1.807) is 23.1 Å². The molecule has 0 aliphatic carbocycles. The van der Waals surface area contributed by atoms with E-state index >= 15 is 0 Å². The summed E-state index contributed by atoms with van der Waals surface area (Å²) in [5.41, 5.74) is 4.16. The molecule has 2 aliphatic heterocycles. The second-order valence-electron chi connectivity index (χ2n) is 7.84. The number of hydrogen-bond acceptors (Lipinski definition) is 3. The van der Waals surface area contributed by atoms with Gasteiger partial charge in [0.1, 0.15) is 0 Å². The maximum absolute atomic E-state index is 13.4. The SMILES string of the molecule is CC1Cc2ccccc2N1C(=O)c1cccc(S(=O)(=O)N2CCc3ccccc32)c1. The van der Waals surface area contributed by atoms with Crippen LogP contribution in [0.25, 0.3) is 0 Å². The van der Waals surface area contributed by atoms with Crippen LogP contribution in [0.15, 0.2) is 77.7 Å². The summed E-state index contributed by atoms with van der Waals surface area (Å²) in [4.78, 5) is 15.3. The van der Waals surface area contributed by atoms with Crippen molar-refractivity contribution in [2.75, 3.05) is 15.7 Å². The van der Waals surface area contributed by atoms with Crippen molar-refractivity contribution in [1.29, 1.82) is 0 Å². The van der Waals surface area contributed by atoms with Crippen LogP contribution in [0.3, 0.4) is 0 Å². The predicted octanol–water partition coefficient (Wildman–Crippen LogP) is 4.03. The highest BCUT2D eigenvalue weighted by atomic mass is 32.2. The number of fused-ring (bicyclic) bond motifs is 2. The number of para-hydroxylation sites is 2. The second-order valence-corrected chi connectivity index (χ2v) is 9.70. The average molecular weight is 419 g/mol. The normalized spacial score (nSPS) is 17.7. The third-order valence-corrected chi connectivity index (χ3v) is 7.75. The van der Waals surface area contributed by atoms with Crippen molar-refractivity contribution in [2.24, 2.45) is 0 Å². The molecule has 0 radical (unpaired) electrons. The highest BCUT2D eigenvalue weighted by Gasteiger charge is 2.33. The van der Waals surface area contributed by atoms with Crippen LogP contribution in [0.4, 0.5) is 11.4 Å². The van der Waals surface area contributed by atoms with Gasteiger partial charge in [0.2, 0.25) is 0 Å². The van der Waals surface area contributed by atoms with Crippen LogP contribution >= 0.6 is 0 Å². The van der Waals surface area contributed by atoms with Crippen molar-refractivity contribution in [3.8, 4) is 0 Å². The van der Waals surface area contributed by atoms with Crippen LogP contribution < -0.4 is 9.21 Å². The summed E-state index contributed by atoms with van der Waals surface area (Å²) in [6, 6.07) is 21.9. The van der Waals surface area contributed by atoms with Gasteiger partial charge in [-0.3, -0.25) is 9.10 Å². The minimum atomic E-state index is -3.74. The minimum absolute atomic E-state index is 0.0284.